The molecule has 2 heterocycles. The number of anilines is 2. The van der Waals surface area contributed by atoms with Crippen molar-refractivity contribution in [3.05, 3.63) is 117 Å². The van der Waals surface area contributed by atoms with Crippen LogP contribution in [0.5, 0.6) is 5.75 Å². The number of hydrogen-bond donors (Lipinski definition) is 1. The molecule has 0 spiro atoms. The lowest BCUT2D eigenvalue weighted by Gasteiger charge is -2.51. The third kappa shape index (κ3) is 4.37. The first kappa shape index (κ1) is 34.7. The molecular weight excluding hydrogens is 752 g/mol. The van der Waals surface area contributed by atoms with E-state index in [2.05, 4.69) is 0 Å². The van der Waals surface area contributed by atoms with Gasteiger partial charge in [-0.1, -0.05) is 42.0 Å². The Morgan fingerprint density at radius 1 is 0.774 bits per heavy atom. The number of benzene rings is 4. The molecule has 4 aromatic rings. The summed E-state index contributed by atoms with van der Waals surface area (Å²) in [6.45, 7) is 0. The van der Waals surface area contributed by atoms with Crippen molar-refractivity contribution < 1.29 is 51.2 Å². The quantitative estimate of drug-likeness (QED) is 0.0348. The van der Waals surface area contributed by atoms with E-state index in [0.717, 1.165) is 17.0 Å². The van der Waals surface area contributed by atoms with Crippen molar-refractivity contribution in [2.24, 2.45) is 17.8 Å². The van der Waals surface area contributed by atoms with Gasteiger partial charge in [-0.15, -0.1) is 23.2 Å². The maximum absolute atomic E-state index is 15.3. The van der Waals surface area contributed by atoms with Crippen molar-refractivity contribution in [2.75, 3.05) is 9.80 Å². The molecule has 6 atom stereocenters. The fraction of sp³-hybridized carbons (Fsp3) is 0.222. The van der Waals surface area contributed by atoms with Crippen LogP contribution in [0, 0.1) is 57.0 Å². The summed E-state index contributed by atoms with van der Waals surface area (Å²) in [6, 6.07) is 13.8. The van der Waals surface area contributed by atoms with Crippen LogP contribution in [0.25, 0.3) is 10.8 Å². The average molecular weight is 772 g/mol. The van der Waals surface area contributed by atoms with Gasteiger partial charge in [0.05, 0.1) is 22.4 Å². The van der Waals surface area contributed by atoms with Gasteiger partial charge in [0.1, 0.15) is 11.4 Å². The first-order valence-electron chi connectivity index (χ1n) is 15.9. The number of nitrogens with zero attached hydrogens (tertiary/aromatic N) is 3. The molecule has 0 aromatic heterocycles. The molecule has 0 bridgehead atoms. The molecule has 1 saturated carbocycles. The van der Waals surface area contributed by atoms with E-state index in [1.54, 1.807) is 24.3 Å². The standard InChI is InChI=1S/C36H20Cl2F5N3O7/c37-35-13-20-18(10-11-19-22(20)32(49)44(31(19)48)15-6-8-16(9-7-15)46(52)53)24(23-17-4-2-1-3-14(17)5-12-21(23)47)36(35,38)34(51)45(33(35)50)30-28(42)26(40)25(39)27(41)29(30)43/h1-10,12,19-20,22,24,47H,11,13H2/t19-,20+,22-,24+,35+,36-/m0/s1. The Bertz CT molecular complexity index is 2400. The fourth-order valence-corrected chi connectivity index (χ4v) is 9.37. The highest BCUT2D eigenvalue weighted by Crippen LogP contribution is 2.67. The molecule has 10 nitrogen and oxygen atoms in total. The van der Waals surface area contributed by atoms with E-state index in [1.807, 2.05) is 0 Å². The highest BCUT2D eigenvalue weighted by atomic mass is 35.5. The number of alkyl halides is 2. The number of imide groups is 2. The van der Waals surface area contributed by atoms with E-state index in [4.69, 9.17) is 23.2 Å². The van der Waals surface area contributed by atoms with Gasteiger partial charge in [0.15, 0.2) is 33.0 Å². The zero-order valence-corrected chi connectivity index (χ0v) is 28.0. The number of carbonyl (C=O) groups is 4. The van der Waals surface area contributed by atoms with Gasteiger partial charge in [-0.2, -0.15) is 0 Å². The summed E-state index contributed by atoms with van der Waals surface area (Å²) >= 11 is 14.4. The van der Waals surface area contributed by atoms with Crippen LogP contribution in [0.2, 0.25) is 0 Å². The number of hydrogen-bond acceptors (Lipinski definition) is 7. The highest BCUT2D eigenvalue weighted by Gasteiger charge is 2.77. The van der Waals surface area contributed by atoms with Gasteiger partial charge in [-0.25, -0.2) is 26.9 Å². The zero-order chi connectivity index (χ0) is 38.0. The lowest BCUT2D eigenvalue weighted by molar-refractivity contribution is -0.384. The van der Waals surface area contributed by atoms with Gasteiger partial charge in [0.25, 0.3) is 17.5 Å². The molecule has 4 aliphatic rings. The second-order valence-electron chi connectivity index (χ2n) is 13.2. The Labute approximate surface area is 304 Å². The van der Waals surface area contributed by atoms with E-state index in [9.17, 15) is 47.6 Å². The topological polar surface area (TPSA) is 138 Å². The van der Waals surface area contributed by atoms with Crippen LogP contribution < -0.4 is 9.80 Å². The summed E-state index contributed by atoms with van der Waals surface area (Å²) in [5, 5.41) is 23.4. The number of nitro groups is 1. The second-order valence-corrected chi connectivity index (χ2v) is 14.4. The molecule has 0 unspecified atom stereocenters. The predicted molar refractivity (Wildman–Crippen MR) is 178 cm³/mol. The molecule has 1 N–H and O–H groups in total. The van der Waals surface area contributed by atoms with Gasteiger partial charge in [-0.3, -0.25) is 34.2 Å². The van der Waals surface area contributed by atoms with Crippen molar-refractivity contribution in [3.63, 3.8) is 0 Å². The fourth-order valence-electron chi connectivity index (χ4n) is 8.45. The summed E-state index contributed by atoms with van der Waals surface area (Å²) < 4.78 is 73.8. The van der Waals surface area contributed by atoms with Crippen LogP contribution in [0.4, 0.5) is 39.0 Å². The molecule has 4 amide bonds. The molecule has 53 heavy (non-hydrogen) atoms. The number of aromatic hydroxyl groups is 1. The molecule has 0 radical (unpaired) electrons. The number of allylic oxidation sites excluding steroid dienone is 2. The van der Waals surface area contributed by atoms with E-state index in [-0.39, 0.29) is 39.2 Å². The minimum Gasteiger partial charge on any atom is -0.508 e. The summed E-state index contributed by atoms with van der Waals surface area (Å²) in [5.74, 6) is -23.1. The minimum absolute atomic E-state index is 0.00232. The summed E-state index contributed by atoms with van der Waals surface area (Å²) in [6.07, 6.45) is 0.622. The lowest BCUT2D eigenvalue weighted by Crippen LogP contribution is -2.60. The van der Waals surface area contributed by atoms with Crippen molar-refractivity contribution >= 4 is 74.7 Å². The van der Waals surface area contributed by atoms with Gasteiger partial charge < -0.3 is 5.11 Å². The number of phenols is 1. The third-order valence-electron chi connectivity index (χ3n) is 10.8. The Morgan fingerprint density at radius 2 is 1.40 bits per heavy atom. The summed E-state index contributed by atoms with van der Waals surface area (Å²) in [5.41, 5.74) is -2.18. The number of rotatable bonds is 4. The average Bonchev–Trinajstić information content (AvgIpc) is 3.48. The predicted octanol–water partition coefficient (Wildman–Crippen LogP) is 6.92. The molecule has 2 aliphatic carbocycles. The smallest absolute Gasteiger partial charge is 0.269 e. The van der Waals surface area contributed by atoms with Gasteiger partial charge in [0.2, 0.25) is 17.6 Å². The van der Waals surface area contributed by atoms with Crippen molar-refractivity contribution in [2.45, 2.75) is 28.5 Å². The van der Waals surface area contributed by atoms with Gasteiger partial charge in [0, 0.05) is 23.6 Å². The van der Waals surface area contributed by atoms with Crippen LogP contribution in [-0.2, 0) is 19.2 Å². The van der Waals surface area contributed by atoms with Gasteiger partial charge in [-0.05, 0) is 47.7 Å². The SMILES string of the molecule is O=C1[C@H]2[C@H](CC=C3[C@H]2C[C@@]2(Cl)C(=O)N(c4c(F)c(F)c(F)c(F)c4F)C(=O)[C@@]2(Cl)[C@H]3c2c(O)ccc3ccccc23)C(=O)N1c1ccc([N+](=O)[O-])cc1. The van der Waals surface area contributed by atoms with E-state index >= 15 is 8.78 Å². The Kier molecular flexibility index (Phi) is 7.55. The van der Waals surface area contributed by atoms with Crippen LogP contribution in [0.1, 0.15) is 24.3 Å². The maximum atomic E-state index is 15.3. The number of fused-ring (bicyclic) bond motifs is 5. The molecule has 3 fully saturated rings. The Balaban J connectivity index is 1.35. The minimum atomic E-state index is -2.83. The van der Waals surface area contributed by atoms with E-state index < -0.39 is 109 Å². The molecule has 17 heteroatoms. The highest BCUT2D eigenvalue weighted by molar-refractivity contribution is 6.58. The lowest BCUT2D eigenvalue weighted by atomic mass is 9.56. The van der Waals surface area contributed by atoms with Crippen molar-refractivity contribution in [3.8, 4) is 5.75 Å². The molecule has 2 saturated heterocycles. The number of carbonyl (C=O) groups excluding carboxylic acids is 4. The molecule has 270 valence electrons. The summed E-state index contributed by atoms with van der Waals surface area (Å²) in [7, 11) is 0. The van der Waals surface area contributed by atoms with E-state index in [0.29, 0.717) is 5.39 Å². The van der Waals surface area contributed by atoms with Crippen LogP contribution in [-0.4, -0.2) is 43.4 Å². The molecular formula is C36H20Cl2F5N3O7. The van der Waals surface area contributed by atoms with Gasteiger partial charge >= 0.3 is 0 Å². The summed E-state index contributed by atoms with van der Waals surface area (Å²) in [4.78, 5) is 62.6. The Morgan fingerprint density at radius 3 is 2.04 bits per heavy atom. The molecule has 4 aromatic carbocycles. The van der Waals surface area contributed by atoms with Crippen LogP contribution in [0.15, 0.2) is 72.3 Å². The van der Waals surface area contributed by atoms with Crippen LogP contribution in [0.3, 0.4) is 0 Å². The monoisotopic (exact) mass is 771 g/mol. The van der Waals surface area contributed by atoms with Crippen molar-refractivity contribution in [1.82, 2.24) is 0 Å². The number of nitro benzene ring substituents is 1. The zero-order valence-electron chi connectivity index (χ0n) is 26.5. The first-order valence-corrected chi connectivity index (χ1v) is 16.6. The number of non-ortho nitro benzene ring substituents is 1. The maximum Gasteiger partial charge on any atom is 0.269 e. The second kappa shape index (κ2) is 11.5. The van der Waals surface area contributed by atoms with E-state index in [1.165, 1.54) is 30.3 Å². The molecule has 2 aliphatic heterocycles. The normalized spacial score (nSPS) is 27.9. The van der Waals surface area contributed by atoms with Crippen molar-refractivity contribution in [1.29, 1.82) is 0 Å². The van der Waals surface area contributed by atoms with Crippen LogP contribution >= 0.6 is 23.2 Å². The number of phenolic OH excluding ortho intramolecular Hbond substituents is 1. The Hall–Kier alpha value is -5.41. The molecule has 8 rings (SSSR count). The largest absolute Gasteiger partial charge is 0.508 e. The third-order valence-corrected chi connectivity index (χ3v) is 12.2. The number of amides is 4. The first-order chi connectivity index (χ1) is 25.1. The number of halogens is 7.